The maximum absolute atomic E-state index is 12.6. The summed E-state index contributed by atoms with van der Waals surface area (Å²) in [5.41, 5.74) is 0.972. The van der Waals surface area contributed by atoms with Crippen LogP contribution in [-0.4, -0.2) is 30.2 Å². The van der Waals surface area contributed by atoms with Crippen LogP contribution in [-0.2, 0) is 4.79 Å². The molecule has 1 saturated carbocycles. The van der Waals surface area contributed by atoms with E-state index in [9.17, 15) is 4.79 Å². The topological polar surface area (TPSA) is 38.8 Å². The molecule has 2 atom stereocenters. The highest BCUT2D eigenvalue weighted by Crippen LogP contribution is 2.36. The lowest BCUT2D eigenvalue weighted by atomic mass is 9.78. The Morgan fingerprint density at radius 3 is 2.87 bits per heavy atom. The van der Waals surface area contributed by atoms with Crippen molar-refractivity contribution < 1.29 is 14.3 Å². The van der Waals surface area contributed by atoms with Gasteiger partial charge in [-0.3, -0.25) is 4.79 Å². The third kappa shape index (κ3) is 2.94. The molecule has 2 fully saturated rings. The van der Waals surface area contributed by atoms with E-state index in [2.05, 4.69) is 4.90 Å². The minimum Gasteiger partial charge on any atom is -0.454 e. The van der Waals surface area contributed by atoms with Gasteiger partial charge in [0.1, 0.15) is 0 Å². The highest BCUT2D eigenvalue weighted by atomic mass is 16.7. The quantitative estimate of drug-likeness (QED) is 0.783. The first kappa shape index (κ1) is 14.6. The molecule has 23 heavy (non-hydrogen) atoms. The first-order chi connectivity index (χ1) is 11.3. The molecule has 3 aliphatic rings. The minimum absolute atomic E-state index is 0.152. The average Bonchev–Trinajstić information content (AvgIpc) is 3.07. The Morgan fingerprint density at radius 1 is 1.09 bits per heavy atom. The van der Waals surface area contributed by atoms with E-state index in [0.29, 0.717) is 6.04 Å². The zero-order valence-corrected chi connectivity index (χ0v) is 13.4. The van der Waals surface area contributed by atoms with Crippen LogP contribution < -0.4 is 9.47 Å². The minimum atomic E-state index is 0.152. The molecule has 0 aromatic heterocycles. The van der Waals surface area contributed by atoms with Crippen molar-refractivity contribution in [2.45, 2.75) is 44.6 Å². The van der Waals surface area contributed by atoms with Crippen LogP contribution in [0.15, 0.2) is 24.3 Å². The van der Waals surface area contributed by atoms with Gasteiger partial charge in [-0.2, -0.15) is 0 Å². The van der Waals surface area contributed by atoms with Gasteiger partial charge in [0.2, 0.25) is 12.7 Å². The van der Waals surface area contributed by atoms with E-state index in [1.807, 2.05) is 24.3 Å². The summed E-state index contributed by atoms with van der Waals surface area (Å²) in [7, 11) is 0. The molecular formula is C19H23NO3. The van der Waals surface area contributed by atoms with Gasteiger partial charge in [-0.15, -0.1) is 0 Å². The molecule has 2 heterocycles. The van der Waals surface area contributed by atoms with Crippen molar-refractivity contribution in [3.05, 3.63) is 29.8 Å². The van der Waals surface area contributed by atoms with Crippen molar-refractivity contribution in [3.8, 4) is 11.5 Å². The summed E-state index contributed by atoms with van der Waals surface area (Å²) in [4.78, 5) is 14.8. The molecule has 122 valence electrons. The van der Waals surface area contributed by atoms with Gasteiger partial charge >= 0.3 is 0 Å². The molecule has 4 rings (SSSR count). The van der Waals surface area contributed by atoms with Crippen LogP contribution in [0.5, 0.6) is 11.5 Å². The fourth-order valence-electron chi connectivity index (χ4n) is 4.18. The van der Waals surface area contributed by atoms with Crippen LogP contribution in [0.3, 0.4) is 0 Å². The lowest BCUT2D eigenvalue weighted by Crippen LogP contribution is -2.49. The summed E-state index contributed by atoms with van der Waals surface area (Å²) in [5, 5.41) is 0. The Morgan fingerprint density at radius 2 is 1.91 bits per heavy atom. The first-order valence-electron chi connectivity index (χ1n) is 8.69. The summed E-state index contributed by atoms with van der Waals surface area (Å²) in [6.07, 6.45) is 11.1. The fourth-order valence-corrected chi connectivity index (χ4v) is 4.18. The Labute approximate surface area is 137 Å². The largest absolute Gasteiger partial charge is 0.454 e. The van der Waals surface area contributed by atoms with Crippen molar-refractivity contribution in [1.29, 1.82) is 0 Å². The van der Waals surface area contributed by atoms with Crippen LogP contribution in [0.1, 0.15) is 44.1 Å². The van der Waals surface area contributed by atoms with Gasteiger partial charge in [0.25, 0.3) is 0 Å². The van der Waals surface area contributed by atoms with E-state index >= 15 is 0 Å². The number of carbonyl (C=O) groups is 1. The second-order valence-corrected chi connectivity index (χ2v) is 6.73. The standard InChI is InChI=1S/C19H23NO3/c21-19(20-11-3-5-15-4-1-2-6-16(15)20)10-8-14-7-9-17-18(12-14)23-13-22-17/h7-10,12,15-16H,1-6,11,13H2. The SMILES string of the molecule is O=C(C=Cc1ccc2c(c1)OCO2)N1CCCC2CCCCC21. The molecule has 0 spiro atoms. The van der Waals surface area contributed by atoms with Gasteiger partial charge in [-0.1, -0.05) is 18.9 Å². The third-order valence-corrected chi connectivity index (χ3v) is 5.34. The molecule has 1 aromatic rings. The van der Waals surface area contributed by atoms with Gasteiger partial charge in [0.05, 0.1) is 0 Å². The highest BCUT2D eigenvalue weighted by Gasteiger charge is 2.34. The number of benzene rings is 1. The number of hydrogen-bond acceptors (Lipinski definition) is 3. The summed E-state index contributed by atoms with van der Waals surface area (Å²) < 4.78 is 10.7. The Balaban J connectivity index is 1.46. The molecule has 0 radical (unpaired) electrons. The number of amides is 1. The Hall–Kier alpha value is -1.97. The molecule has 4 heteroatoms. The molecule has 1 aromatic carbocycles. The number of ether oxygens (including phenoxy) is 2. The second-order valence-electron chi connectivity index (χ2n) is 6.73. The number of likely N-dealkylation sites (tertiary alicyclic amines) is 1. The van der Waals surface area contributed by atoms with E-state index in [4.69, 9.17) is 9.47 Å². The van der Waals surface area contributed by atoms with Crippen LogP contribution >= 0.6 is 0 Å². The highest BCUT2D eigenvalue weighted by molar-refractivity contribution is 5.92. The van der Waals surface area contributed by atoms with Gasteiger partial charge in [0, 0.05) is 18.7 Å². The van der Waals surface area contributed by atoms with Gasteiger partial charge in [0.15, 0.2) is 11.5 Å². The number of fused-ring (bicyclic) bond motifs is 2. The molecule has 2 aliphatic heterocycles. The summed E-state index contributed by atoms with van der Waals surface area (Å²) in [6, 6.07) is 6.24. The third-order valence-electron chi connectivity index (χ3n) is 5.34. The number of carbonyl (C=O) groups excluding carboxylic acids is 1. The maximum Gasteiger partial charge on any atom is 0.246 e. The second kappa shape index (κ2) is 6.26. The summed E-state index contributed by atoms with van der Waals surface area (Å²) in [6.45, 7) is 1.18. The van der Waals surface area contributed by atoms with Gasteiger partial charge in [-0.05, 0) is 55.4 Å². The zero-order valence-electron chi connectivity index (χ0n) is 13.4. The van der Waals surface area contributed by atoms with Gasteiger partial charge < -0.3 is 14.4 Å². The van der Waals surface area contributed by atoms with Crippen LogP contribution in [0.25, 0.3) is 6.08 Å². The van der Waals surface area contributed by atoms with E-state index in [-0.39, 0.29) is 12.7 Å². The first-order valence-corrected chi connectivity index (χ1v) is 8.69. The van der Waals surface area contributed by atoms with Crippen LogP contribution in [0.2, 0.25) is 0 Å². The molecule has 4 nitrogen and oxygen atoms in total. The van der Waals surface area contributed by atoms with Gasteiger partial charge in [-0.25, -0.2) is 0 Å². The molecule has 1 amide bonds. The van der Waals surface area contributed by atoms with Crippen LogP contribution in [0.4, 0.5) is 0 Å². The van der Waals surface area contributed by atoms with Crippen molar-refractivity contribution in [2.24, 2.45) is 5.92 Å². The molecule has 2 unspecified atom stereocenters. The average molecular weight is 313 g/mol. The summed E-state index contributed by atoms with van der Waals surface area (Å²) >= 11 is 0. The van der Waals surface area contributed by atoms with Crippen molar-refractivity contribution >= 4 is 12.0 Å². The molecule has 0 bridgehead atoms. The maximum atomic E-state index is 12.6. The predicted molar refractivity (Wildman–Crippen MR) is 88.3 cm³/mol. The Bertz CT molecular complexity index is 623. The Kier molecular flexibility index (Phi) is 3.98. The van der Waals surface area contributed by atoms with E-state index < -0.39 is 0 Å². The molecule has 0 N–H and O–H groups in total. The van der Waals surface area contributed by atoms with E-state index in [0.717, 1.165) is 35.9 Å². The number of nitrogens with zero attached hydrogens (tertiary/aromatic N) is 1. The monoisotopic (exact) mass is 313 g/mol. The molecule has 1 saturated heterocycles. The molecule has 1 aliphatic carbocycles. The zero-order chi connectivity index (χ0) is 15.6. The number of rotatable bonds is 2. The normalized spacial score (nSPS) is 26.3. The lowest BCUT2D eigenvalue weighted by molar-refractivity contribution is -0.132. The van der Waals surface area contributed by atoms with E-state index in [1.165, 1.54) is 32.1 Å². The van der Waals surface area contributed by atoms with Crippen molar-refractivity contribution in [2.75, 3.05) is 13.3 Å². The summed E-state index contributed by atoms with van der Waals surface area (Å²) in [5.74, 6) is 2.40. The number of piperidine rings is 1. The van der Waals surface area contributed by atoms with Crippen LogP contribution in [0, 0.1) is 5.92 Å². The molecular weight excluding hydrogens is 290 g/mol. The van der Waals surface area contributed by atoms with Crippen molar-refractivity contribution in [1.82, 2.24) is 4.90 Å². The predicted octanol–water partition coefficient (Wildman–Crippen LogP) is 3.61. The fraction of sp³-hybridized carbons (Fsp3) is 0.526. The smallest absolute Gasteiger partial charge is 0.246 e. The number of hydrogen-bond donors (Lipinski definition) is 0. The van der Waals surface area contributed by atoms with E-state index in [1.54, 1.807) is 6.08 Å². The lowest BCUT2D eigenvalue weighted by Gasteiger charge is -2.43. The van der Waals surface area contributed by atoms with Crippen molar-refractivity contribution in [3.63, 3.8) is 0 Å².